The zero-order valence-electron chi connectivity index (χ0n) is 7.99. The number of hydrogen-bond acceptors (Lipinski definition) is 6. The van der Waals surface area contributed by atoms with E-state index in [2.05, 4.69) is 27.6 Å². The first kappa shape index (κ1) is 9.01. The van der Waals surface area contributed by atoms with Crippen LogP contribution in [-0.4, -0.2) is 16.0 Å². The molecule has 0 aromatic carbocycles. The van der Waals surface area contributed by atoms with E-state index in [9.17, 15) is 0 Å². The van der Waals surface area contributed by atoms with Gasteiger partial charge in [-0.25, -0.2) is 5.84 Å². The van der Waals surface area contributed by atoms with Crippen LogP contribution >= 0.6 is 0 Å². The quantitative estimate of drug-likeness (QED) is 0.404. The number of anilines is 3. The van der Waals surface area contributed by atoms with E-state index in [1.165, 1.54) is 6.42 Å². The maximum atomic E-state index is 5.51. The summed E-state index contributed by atoms with van der Waals surface area (Å²) in [6, 6.07) is 2.25. The first-order chi connectivity index (χ1) is 6.69. The second-order valence-electron chi connectivity index (χ2n) is 3.60. The first-order valence-electron chi connectivity index (χ1n) is 4.56. The van der Waals surface area contributed by atoms with Crippen molar-refractivity contribution in [3.63, 3.8) is 0 Å². The molecule has 2 rings (SSSR count). The molecule has 1 aliphatic rings. The zero-order valence-corrected chi connectivity index (χ0v) is 7.99. The highest BCUT2D eigenvalue weighted by molar-refractivity contribution is 5.51. The van der Waals surface area contributed by atoms with Crippen LogP contribution in [0.25, 0.3) is 0 Å². The van der Waals surface area contributed by atoms with Gasteiger partial charge in [0.25, 0.3) is 0 Å². The molecule has 6 heteroatoms. The monoisotopic (exact) mass is 194 g/mol. The summed E-state index contributed by atoms with van der Waals surface area (Å²) >= 11 is 0. The van der Waals surface area contributed by atoms with Crippen LogP contribution in [0.5, 0.6) is 0 Å². The van der Waals surface area contributed by atoms with Crippen molar-refractivity contribution in [3.8, 4) is 0 Å². The van der Waals surface area contributed by atoms with Crippen molar-refractivity contribution >= 4 is 17.6 Å². The zero-order chi connectivity index (χ0) is 10.1. The third-order valence-electron chi connectivity index (χ3n) is 2.33. The summed E-state index contributed by atoms with van der Waals surface area (Å²) < 4.78 is 0. The molecule has 0 radical (unpaired) electrons. The summed E-state index contributed by atoms with van der Waals surface area (Å²) in [5.41, 5.74) is 7.95. The van der Waals surface area contributed by atoms with Crippen LogP contribution in [-0.2, 0) is 0 Å². The van der Waals surface area contributed by atoms with Gasteiger partial charge in [-0.2, -0.15) is 9.97 Å². The van der Waals surface area contributed by atoms with Crippen molar-refractivity contribution in [1.29, 1.82) is 0 Å². The molecule has 2 atom stereocenters. The van der Waals surface area contributed by atoms with Crippen LogP contribution in [0.2, 0.25) is 0 Å². The fraction of sp³-hybridized carbons (Fsp3) is 0.500. The van der Waals surface area contributed by atoms with Crippen molar-refractivity contribution < 1.29 is 0 Å². The van der Waals surface area contributed by atoms with E-state index in [0.717, 1.165) is 5.82 Å². The smallest absolute Gasteiger partial charge is 0.223 e. The maximum absolute atomic E-state index is 5.51. The Bertz CT molecular complexity index is 339. The average Bonchev–Trinajstić information content (AvgIpc) is 2.80. The number of hydrogen-bond donors (Lipinski definition) is 4. The van der Waals surface area contributed by atoms with E-state index in [0.29, 0.717) is 17.8 Å². The molecule has 2 unspecified atom stereocenters. The number of nitrogens with two attached hydrogens (primary N) is 2. The molecular weight excluding hydrogens is 180 g/mol. The molecule has 14 heavy (non-hydrogen) atoms. The highest BCUT2D eigenvalue weighted by Crippen LogP contribution is 2.32. The largest absolute Gasteiger partial charge is 0.368 e. The molecule has 0 saturated heterocycles. The van der Waals surface area contributed by atoms with Gasteiger partial charge >= 0.3 is 0 Å². The normalized spacial score (nSPS) is 24.4. The lowest BCUT2D eigenvalue weighted by Crippen LogP contribution is -2.13. The molecule has 6 nitrogen and oxygen atoms in total. The van der Waals surface area contributed by atoms with Gasteiger partial charge in [0, 0.05) is 12.1 Å². The Kier molecular flexibility index (Phi) is 2.12. The Hall–Kier alpha value is -1.56. The van der Waals surface area contributed by atoms with Gasteiger partial charge in [0.15, 0.2) is 0 Å². The van der Waals surface area contributed by atoms with E-state index in [4.69, 9.17) is 11.6 Å². The molecular formula is C8H14N6. The molecule has 0 aliphatic heterocycles. The molecule has 1 aromatic rings. The van der Waals surface area contributed by atoms with Gasteiger partial charge in [-0.3, -0.25) is 0 Å². The number of nitrogens with one attached hydrogen (secondary N) is 2. The Morgan fingerprint density at radius 1 is 1.43 bits per heavy atom. The van der Waals surface area contributed by atoms with Crippen LogP contribution in [0.1, 0.15) is 13.3 Å². The van der Waals surface area contributed by atoms with Crippen molar-refractivity contribution in [3.05, 3.63) is 6.07 Å². The van der Waals surface area contributed by atoms with E-state index in [1.807, 2.05) is 0 Å². The first-order valence-corrected chi connectivity index (χ1v) is 4.56. The summed E-state index contributed by atoms with van der Waals surface area (Å²) in [6.45, 7) is 2.18. The van der Waals surface area contributed by atoms with Gasteiger partial charge in [0.1, 0.15) is 11.6 Å². The summed E-state index contributed by atoms with van der Waals surface area (Å²) in [7, 11) is 0. The predicted molar refractivity (Wildman–Crippen MR) is 55.4 cm³/mol. The number of nitrogens with zero attached hydrogens (tertiary/aromatic N) is 2. The van der Waals surface area contributed by atoms with Gasteiger partial charge in [0.2, 0.25) is 5.95 Å². The molecule has 76 valence electrons. The molecule has 0 spiro atoms. The van der Waals surface area contributed by atoms with Crippen LogP contribution in [0.15, 0.2) is 6.07 Å². The molecule has 0 amide bonds. The summed E-state index contributed by atoms with van der Waals surface area (Å²) in [5, 5.41) is 3.25. The number of hydrazine groups is 1. The number of nitrogen functional groups attached to an aromatic ring is 2. The van der Waals surface area contributed by atoms with E-state index in [-0.39, 0.29) is 5.95 Å². The lowest BCUT2D eigenvalue weighted by molar-refractivity contribution is 0.922. The van der Waals surface area contributed by atoms with Crippen molar-refractivity contribution in [2.75, 3.05) is 16.5 Å². The second-order valence-corrected chi connectivity index (χ2v) is 3.60. The highest BCUT2D eigenvalue weighted by atomic mass is 15.3. The minimum Gasteiger partial charge on any atom is -0.368 e. The van der Waals surface area contributed by atoms with Crippen LogP contribution < -0.4 is 22.3 Å². The predicted octanol–water partition coefficient (Wildman–Crippen LogP) is 0.165. The lowest BCUT2D eigenvalue weighted by Gasteiger charge is -2.06. The highest BCUT2D eigenvalue weighted by Gasteiger charge is 2.32. The molecule has 1 aromatic heterocycles. The summed E-state index contributed by atoms with van der Waals surface area (Å²) in [4.78, 5) is 7.95. The summed E-state index contributed by atoms with van der Waals surface area (Å²) in [6.07, 6.45) is 1.18. The van der Waals surface area contributed by atoms with Gasteiger partial charge in [-0.15, -0.1) is 0 Å². The average molecular weight is 194 g/mol. The van der Waals surface area contributed by atoms with E-state index >= 15 is 0 Å². The Morgan fingerprint density at radius 3 is 2.64 bits per heavy atom. The fourth-order valence-corrected chi connectivity index (χ4v) is 1.33. The number of rotatable bonds is 3. The van der Waals surface area contributed by atoms with Crippen molar-refractivity contribution in [2.45, 2.75) is 19.4 Å². The summed E-state index contributed by atoms with van der Waals surface area (Å²) in [5.74, 6) is 7.41. The standard InChI is InChI=1S/C8H14N6/c1-4-2-5(4)11-6-3-7(14-10)13-8(9)12-6/h3-5H,2,10H2,1H3,(H4,9,11,12,13,14). The van der Waals surface area contributed by atoms with E-state index in [1.54, 1.807) is 6.07 Å². The second kappa shape index (κ2) is 3.30. The van der Waals surface area contributed by atoms with Gasteiger partial charge in [0.05, 0.1) is 0 Å². The Morgan fingerprint density at radius 2 is 2.07 bits per heavy atom. The molecule has 1 heterocycles. The molecule has 1 fully saturated rings. The van der Waals surface area contributed by atoms with Gasteiger partial charge in [-0.1, -0.05) is 6.92 Å². The van der Waals surface area contributed by atoms with Gasteiger partial charge < -0.3 is 16.5 Å². The Balaban J connectivity index is 2.12. The van der Waals surface area contributed by atoms with Crippen molar-refractivity contribution in [1.82, 2.24) is 9.97 Å². The molecule has 1 aliphatic carbocycles. The topological polar surface area (TPSA) is 102 Å². The maximum Gasteiger partial charge on any atom is 0.223 e. The minimum absolute atomic E-state index is 0.219. The lowest BCUT2D eigenvalue weighted by atomic mass is 10.4. The van der Waals surface area contributed by atoms with Crippen LogP contribution in [0, 0.1) is 5.92 Å². The fourth-order valence-electron chi connectivity index (χ4n) is 1.33. The third kappa shape index (κ3) is 1.85. The van der Waals surface area contributed by atoms with E-state index < -0.39 is 0 Å². The van der Waals surface area contributed by atoms with Crippen LogP contribution in [0.4, 0.5) is 17.6 Å². The molecule has 6 N–H and O–H groups in total. The molecule has 1 saturated carbocycles. The number of aromatic nitrogens is 2. The third-order valence-corrected chi connectivity index (χ3v) is 2.33. The SMILES string of the molecule is CC1CC1Nc1cc(NN)nc(N)n1. The Labute approximate surface area is 82.1 Å². The minimum atomic E-state index is 0.219. The van der Waals surface area contributed by atoms with Crippen molar-refractivity contribution in [2.24, 2.45) is 11.8 Å². The van der Waals surface area contributed by atoms with Gasteiger partial charge in [-0.05, 0) is 12.3 Å². The molecule has 0 bridgehead atoms. The van der Waals surface area contributed by atoms with Crippen LogP contribution in [0.3, 0.4) is 0 Å².